The fraction of sp³-hybridized carbons (Fsp3) is 0.447. The van der Waals surface area contributed by atoms with E-state index in [-0.39, 0.29) is 29.9 Å². The average Bonchev–Trinajstić information content (AvgIpc) is 3.50. The number of nitrogens with zero attached hydrogens (tertiary/aromatic N) is 5. The third kappa shape index (κ3) is 9.44. The van der Waals surface area contributed by atoms with Crippen LogP contribution < -0.4 is 15.8 Å². The Morgan fingerprint density at radius 3 is 2.55 bits per heavy atom. The van der Waals surface area contributed by atoms with Crippen LogP contribution in [0.3, 0.4) is 0 Å². The first-order chi connectivity index (χ1) is 24.3. The van der Waals surface area contributed by atoms with Crippen molar-refractivity contribution in [3.63, 3.8) is 0 Å². The normalized spacial score (nSPS) is 14.0. The van der Waals surface area contributed by atoms with Gasteiger partial charge in [0.1, 0.15) is 12.4 Å². The van der Waals surface area contributed by atoms with Crippen molar-refractivity contribution in [1.82, 2.24) is 24.8 Å². The lowest BCUT2D eigenvalue weighted by atomic mass is 9.93. The molecule has 2 aromatic heterocycles. The van der Waals surface area contributed by atoms with Crippen LogP contribution in [0, 0.1) is 17.1 Å². The van der Waals surface area contributed by atoms with Crippen molar-refractivity contribution < 1.29 is 23.5 Å². The zero-order valence-corrected chi connectivity index (χ0v) is 30.7. The average molecular weight is 716 g/mol. The Hall–Kier alpha value is -4.51. The number of amides is 2. The fourth-order valence-electron chi connectivity index (χ4n) is 5.83. The molecule has 3 N–H and O–H groups in total. The van der Waals surface area contributed by atoms with Crippen LogP contribution in [0.4, 0.5) is 4.39 Å². The molecule has 0 radical (unpaired) electrons. The van der Waals surface area contributed by atoms with E-state index in [0.29, 0.717) is 74.0 Å². The zero-order chi connectivity index (χ0) is 36.8. The van der Waals surface area contributed by atoms with E-state index >= 15 is 0 Å². The molecule has 2 aromatic carbocycles. The number of nitrogens with one attached hydrogen (secondary N) is 1. The van der Waals surface area contributed by atoms with Crippen LogP contribution in [0.15, 0.2) is 54.6 Å². The second-order valence-corrected chi connectivity index (χ2v) is 15.0. The van der Waals surface area contributed by atoms with Crippen LogP contribution in [0.1, 0.15) is 84.3 Å². The Kier molecular flexibility index (Phi) is 12.0. The number of ether oxygens (including phenoxy) is 2. The number of thioether (sulfide) groups is 1. The molecule has 1 aliphatic heterocycles. The first kappa shape index (κ1) is 37.7. The van der Waals surface area contributed by atoms with Crippen LogP contribution in [0.25, 0.3) is 11.0 Å². The maximum absolute atomic E-state index is 14.3. The van der Waals surface area contributed by atoms with Crippen molar-refractivity contribution in [3.8, 4) is 11.9 Å². The number of nitriles is 1. The molecule has 1 fully saturated rings. The summed E-state index contributed by atoms with van der Waals surface area (Å²) in [5, 5.41) is 12.0. The molecule has 3 heterocycles. The first-order valence-corrected chi connectivity index (χ1v) is 18.5. The summed E-state index contributed by atoms with van der Waals surface area (Å²) < 4.78 is 28.0. The molecular formula is C38H46FN7O4S. The van der Waals surface area contributed by atoms with E-state index < -0.39 is 17.0 Å². The minimum Gasteiger partial charge on any atom is -0.473 e. The van der Waals surface area contributed by atoms with Crippen LogP contribution in [-0.2, 0) is 17.9 Å². The molecule has 13 heteroatoms. The topological polar surface area (TPSA) is 148 Å². The third-order valence-corrected chi connectivity index (χ3v) is 9.58. The summed E-state index contributed by atoms with van der Waals surface area (Å²) in [4.78, 5) is 38.6. The van der Waals surface area contributed by atoms with Gasteiger partial charge in [0, 0.05) is 60.7 Å². The van der Waals surface area contributed by atoms with Crippen molar-refractivity contribution >= 4 is 34.6 Å². The van der Waals surface area contributed by atoms with Gasteiger partial charge in [0.2, 0.25) is 5.88 Å². The van der Waals surface area contributed by atoms with E-state index in [0.717, 1.165) is 17.0 Å². The number of benzene rings is 2. The molecule has 1 saturated heterocycles. The van der Waals surface area contributed by atoms with Gasteiger partial charge in [0.25, 0.3) is 11.8 Å². The van der Waals surface area contributed by atoms with E-state index in [9.17, 15) is 14.0 Å². The maximum atomic E-state index is 14.3. The molecule has 51 heavy (non-hydrogen) atoms. The van der Waals surface area contributed by atoms with Gasteiger partial charge < -0.3 is 30.0 Å². The number of carbonyl (C=O) groups is 2. The number of hydrogen-bond acceptors (Lipinski definition) is 9. The second kappa shape index (κ2) is 16.2. The number of piperidine rings is 1. The standard InChI is InChI=1S/C38H46FN7O4S/c1-37(2,24-50-38(3,4)23-41)44-35(47)27-11-12-31-32(20-27)46(17-18-51-5)34(43-31)36(48)45-15-13-26(14-16-45)30-7-6-8-33(42-30)49-22-28-10-9-25(21-40)19-29(28)39/h6-12,19-20,26H,13-18,22-24,41H2,1-5H3,(H,44,47). The van der Waals surface area contributed by atoms with Gasteiger partial charge in [-0.2, -0.15) is 17.0 Å². The first-order valence-electron chi connectivity index (χ1n) is 17.1. The summed E-state index contributed by atoms with van der Waals surface area (Å²) in [5.74, 6) is 0.752. The molecule has 0 unspecified atom stereocenters. The molecular weight excluding hydrogens is 670 g/mol. The molecule has 0 bridgehead atoms. The van der Waals surface area contributed by atoms with Gasteiger partial charge >= 0.3 is 0 Å². The van der Waals surface area contributed by atoms with Crippen molar-refractivity contribution in [1.29, 1.82) is 5.26 Å². The lowest BCUT2D eigenvalue weighted by Gasteiger charge is -2.32. The lowest BCUT2D eigenvalue weighted by molar-refractivity contribution is -0.0350. The highest BCUT2D eigenvalue weighted by Crippen LogP contribution is 2.30. The summed E-state index contributed by atoms with van der Waals surface area (Å²) in [5.41, 5.74) is 7.96. The Bertz CT molecular complexity index is 1910. The summed E-state index contributed by atoms with van der Waals surface area (Å²) in [6.07, 6.45) is 3.44. The number of nitrogens with two attached hydrogens (primary N) is 1. The zero-order valence-electron chi connectivity index (χ0n) is 29.9. The monoisotopic (exact) mass is 715 g/mol. The largest absolute Gasteiger partial charge is 0.473 e. The number of aryl methyl sites for hydroxylation is 1. The van der Waals surface area contributed by atoms with Crippen molar-refractivity contribution in [3.05, 3.63) is 88.6 Å². The Morgan fingerprint density at radius 2 is 1.86 bits per heavy atom. The van der Waals surface area contributed by atoms with Crippen molar-refractivity contribution in [2.45, 2.75) is 70.7 Å². The SMILES string of the molecule is CSCCn1c(C(=O)N2CCC(c3cccc(OCc4ccc(C#N)cc4F)n3)CC2)nc2ccc(C(=O)NC(C)(C)COC(C)(C)CN)cc21. The van der Waals surface area contributed by atoms with E-state index in [2.05, 4.69) is 10.3 Å². The number of halogens is 1. The van der Waals surface area contributed by atoms with E-state index in [1.54, 1.807) is 48.2 Å². The number of likely N-dealkylation sites (tertiary alicyclic amines) is 1. The Balaban J connectivity index is 1.25. The molecule has 1 aliphatic rings. The van der Waals surface area contributed by atoms with E-state index in [1.165, 1.54) is 6.07 Å². The number of carbonyl (C=O) groups excluding carboxylic acids is 2. The molecule has 4 aromatic rings. The van der Waals surface area contributed by atoms with Crippen molar-refractivity contribution in [2.75, 3.05) is 38.2 Å². The van der Waals surface area contributed by atoms with Crippen LogP contribution in [0.5, 0.6) is 5.88 Å². The summed E-state index contributed by atoms with van der Waals surface area (Å²) in [6, 6.07) is 17.1. The quantitative estimate of drug-likeness (QED) is 0.169. The molecule has 11 nitrogen and oxygen atoms in total. The van der Waals surface area contributed by atoms with Crippen LogP contribution in [0.2, 0.25) is 0 Å². The van der Waals surface area contributed by atoms with Gasteiger partial charge in [-0.15, -0.1) is 0 Å². The molecule has 0 spiro atoms. The van der Waals surface area contributed by atoms with Crippen molar-refractivity contribution in [2.24, 2.45) is 5.73 Å². The number of hydrogen-bond donors (Lipinski definition) is 2. The molecule has 0 aliphatic carbocycles. The predicted molar refractivity (Wildman–Crippen MR) is 196 cm³/mol. The maximum Gasteiger partial charge on any atom is 0.289 e. The van der Waals surface area contributed by atoms with Gasteiger partial charge in [-0.1, -0.05) is 12.1 Å². The van der Waals surface area contributed by atoms with Gasteiger partial charge in [0.15, 0.2) is 5.82 Å². The van der Waals surface area contributed by atoms with Gasteiger partial charge in [-0.3, -0.25) is 9.59 Å². The Morgan fingerprint density at radius 1 is 1.10 bits per heavy atom. The fourth-order valence-corrected chi connectivity index (χ4v) is 6.20. The number of rotatable bonds is 14. The summed E-state index contributed by atoms with van der Waals surface area (Å²) >= 11 is 1.67. The highest BCUT2D eigenvalue weighted by atomic mass is 32.2. The minimum absolute atomic E-state index is 0.00861. The highest BCUT2D eigenvalue weighted by Gasteiger charge is 2.30. The molecule has 270 valence electrons. The molecule has 0 atom stereocenters. The molecule has 2 amide bonds. The van der Waals surface area contributed by atoms with Gasteiger partial charge in [-0.05, 0) is 83.2 Å². The number of aromatic nitrogens is 3. The van der Waals surface area contributed by atoms with Gasteiger partial charge in [0.05, 0.1) is 40.4 Å². The van der Waals surface area contributed by atoms with Crippen LogP contribution >= 0.6 is 11.8 Å². The van der Waals surface area contributed by atoms with Gasteiger partial charge in [-0.25, -0.2) is 14.4 Å². The van der Waals surface area contributed by atoms with Crippen LogP contribution in [-0.4, -0.2) is 80.6 Å². The summed E-state index contributed by atoms with van der Waals surface area (Å²) in [6.45, 7) is 9.91. The third-order valence-electron chi connectivity index (χ3n) is 8.99. The van der Waals surface area contributed by atoms with E-state index in [4.69, 9.17) is 25.5 Å². The summed E-state index contributed by atoms with van der Waals surface area (Å²) in [7, 11) is 0. The number of fused-ring (bicyclic) bond motifs is 1. The molecule has 0 saturated carbocycles. The van der Waals surface area contributed by atoms with E-state index in [1.807, 2.05) is 61.6 Å². The Labute approximate surface area is 302 Å². The molecule has 5 rings (SSSR count). The second-order valence-electron chi connectivity index (χ2n) is 14.0. The minimum atomic E-state index is -0.639. The lowest BCUT2D eigenvalue weighted by Crippen LogP contribution is -2.49. The highest BCUT2D eigenvalue weighted by molar-refractivity contribution is 7.98. The predicted octanol–water partition coefficient (Wildman–Crippen LogP) is 5.67. The number of imidazole rings is 1. The number of pyridine rings is 1. The smallest absolute Gasteiger partial charge is 0.289 e.